The smallest absolute Gasteiger partial charge is 0.148 e. The van der Waals surface area contributed by atoms with Crippen LogP contribution in [0.1, 0.15) is 17.5 Å². The third-order valence-corrected chi connectivity index (χ3v) is 3.97. The molecule has 2 aromatic rings. The van der Waals surface area contributed by atoms with Crippen molar-refractivity contribution in [3.8, 4) is 0 Å². The summed E-state index contributed by atoms with van der Waals surface area (Å²) in [6.45, 7) is -0.434. The van der Waals surface area contributed by atoms with E-state index in [2.05, 4.69) is 0 Å². The van der Waals surface area contributed by atoms with Gasteiger partial charge in [0, 0.05) is 6.42 Å². The van der Waals surface area contributed by atoms with Crippen LogP contribution < -0.4 is 0 Å². The molecule has 0 amide bonds. The van der Waals surface area contributed by atoms with Crippen LogP contribution in [0.25, 0.3) is 0 Å². The summed E-state index contributed by atoms with van der Waals surface area (Å²) in [5.74, 6) is 0. The number of hydrogen-bond donors (Lipinski definition) is 1. The van der Waals surface area contributed by atoms with Gasteiger partial charge in [-0.2, -0.15) is 0 Å². The predicted molar refractivity (Wildman–Crippen MR) is 69.2 cm³/mol. The van der Waals surface area contributed by atoms with Crippen LogP contribution >= 0.6 is 0 Å². The molecule has 18 heavy (non-hydrogen) atoms. The van der Waals surface area contributed by atoms with Crippen LogP contribution in [0, 0.1) is 0 Å². The Morgan fingerprint density at radius 3 is 1.67 bits per heavy atom. The van der Waals surface area contributed by atoms with E-state index in [0.717, 1.165) is 11.1 Å². The molecule has 0 saturated heterocycles. The first-order chi connectivity index (χ1) is 8.73. The Balaban J connectivity index is 2.14. The zero-order valence-electron chi connectivity index (χ0n) is 10.0. The molecule has 3 rings (SSSR count). The van der Waals surface area contributed by atoms with Crippen LogP contribution in [-0.2, 0) is 5.41 Å². The minimum absolute atomic E-state index is 0.352. The van der Waals surface area contributed by atoms with Gasteiger partial charge in [-0.05, 0) is 11.1 Å². The summed E-state index contributed by atoms with van der Waals surface area (Å²) >= 11 is 0. The van der Waals surface area contributed by atoms with Gasteiger partial charge in [0.2, 0.25) is 0 Å². The number of rotatable bonds is 3. The third-order valence-electron chi connectivity index (χ3n) is 3.97. The highest BCUT2D eigenvalue weighted by Gasteiger charge is 2.70. The maximum atomic E-state index is 14.7. The van der Waals surface area contributed by atoms with Gasteiger partial charge in [0.25, 0.3) is 0 Å². The number of aliphatic hydroxyl groups excluding tert-OH is 1. The van der Waals surface area contributed by atoms with Gasteiger partial charge in [-0.15, -0.1) is 0 Å². The number of hydrogen-bond acceptors (Lipinski definition) is 1. The molecule has 2 aromatic carbocycles. The van der Waals surface area contributed by atoms with Crippen molar-refractivity contribution in [1.82, 2.24) is 0 Å². The van der Waals surface area contributed by atoms with Crippen molar-refractivity contribution in [1.29, 1.82) is 0 Å². The molecule has 92 valence electrons. The minimum Gasteiger partial charge on any atom is -0.393 e. The topological polar surface area (TPSA) is 20.2 Å². The van der Waals surface area contributed by atoms with Crippen molar-refractivity contribution in [2.75, 3.05) is 6.61 Å². The molecule has 2 heteroatoms. The lowest BCUT2D eigenvalue weighted by Crippen LogP contribution is -2.24. The third kappa shape index (κ3) is 1.42. The molecule has 0 radical (unpaired) electrons. The summed E-state index contributed by atoms with van der Waals surface area (Å²) in [5.41, 5.74) is -0.333. The van der Waals surface area contributed by atoms with Crippen molar-refractivity contribution < 1.29 is 9.50 Å². The lowest BCUT2D eigenvalue weighted by molar-refractivity contribution is 0.144. The fraction of sp³-hybridized carbons (Fsp3) is 0.250. The van der Waals surface area contributed by atoms with Gasteiger partial charge >= 0.3 is 0 Å². The summed E-state index contributed by atoms with van der Waals surface area (Å²) in [6, 6.07) is 19.2. The highest BCUT2D eigenvalue weighted by molar-refractivity contribution is 5.52. The van der Waals surface area contributed by atoms with Crippen molar-refractivity contribution in [2.45, 2.75) is 17.5 Å². The van der Waals surface area contributed by atoms with Gasteiger partial charge in [0.05, 0.1) is 12.0 Å². The number of alkyl halides is 1. The molecule has 1 nitrogen and oxygen atoms in total. The largest absolute Gasteiger partial charge is 0.393 e. The molecule has 1 aliphatic rings. The second-order valence-electron chi connectivity index (χ2n) is 4.94. The van der Waals surface area contributed by atoms with E-state index in [1.165, 1.54) is 0 Å². The molecule has 0 aromatic heterocycles. The highest BCUT2D eigenvalue weighted by Crippen LogP contribution is 2.63. The fourth-order valence-corrected chi connectivity index (χ4v) is 2.90. The standard InChI is InChI=1S/C16H15FO/c17-15(12-18)11-16(15,13-7-3-1-4-8-13)14-9-5-2-6-10-14/h1-10,18H,11-12H2/t15-/m1/s1. The summed E-state index contributed by atoms with van der Waals surface area (Å²) in [5, 5.41) is 9.35. The van der Waals surface area contributed by atoms with Crippen molar-refractivity contribution >= 4 is 0 Å². The highest BCUT2D eigenvalue weighted by atomic mass is 19.1. The molecule has 0 spiro atoms. The van der Waals surface area contributed by atoms with Gasteiger partial charge in [0.1, 0.15) is 5.67 Å². The Kier molecular flexibility index (Phi) is 2.49. The van der Waals surface area contributed by atoms with Crippen LogP contribution in [0.15, 0.2) is 60.7 Å². The maximum Gasteiger partial charge on any atom is 0.148 e. The van der Waals surface area contributed by atoms with Gasteiger partial charge in [-0.25, -0.2) is 4.39 Å². The average Bonchev–Trinajstić information content (AvgIpc) is 3.09. The number of benzene rings is 2. The molecular formula is C16H15FO. The molecule has 1 saturated carbocycles. The second kappa shape index (κ2) is 3.92. The minimum atomic E-state index is -1.53. The summed E-state index contributed by atoms with van der Waals surface area (Å²) in [7, 11) is 0. The van der Waals surface area contributed by atoms with Gasteiger partial charge in [-0.1, -0.05) is 60.7 Å². The van der Waals surface area contributed by atoms with Gasteiger partial charge in [0.15, 0.2) is 0 Å². The monoisotopic (exact) mass is 242 g/mol. The molecule has 0 unspecified atom stereocenters. The Hall–Kier alpha value is -1.67. The van der Waals surface area contributed by atoms with Crippen molar-refractivity contribution in [3.63, 3.8) is 0 Å². The van der Waals surface area contributed by atoms with E-state index in [4.69, 9.17) is 0 Å². The van der Waals surface area contributed by atoms with E-state index < -0.39 is 17.7 Å². The van der Waals surface area contributed by atoms with Gasteiger partial charge in [-0.3, -0.25) is 0 Å². The molecule has 0 bridgehead atoms. The van der Waals surface area contributed by atoms with E-state index in [0.29, 0.717) is 6.42 Å². The Morgan fingerprint density at radius 2 is 1.33 bits per heavy atom. The zero-order chi connectivity index (χ0) is 12.6. The van der Waals surface area contributed by atoms with Crippen molar-refractivity contribution in [3.05, 3.63) is 71.8 Å². The van der Waals surface area contributed by atoms with E-state index >= 15 is 0 Å². The Morgan fingerprint density at radius 1 is 0.889 bits per heavy atom. The normalized spacial score (nSPS) is 24.8. The Bertz CT molecular complexity index is 498. The van der Waals surface area contributed by atoms with Crippen LogP contribution in [0.4, 0.5) is 4.39 Å². The van der Waals surface area contributed by atoms with E-state index in [9.17, 15) is 9.50 Å². The molecule has 0 aliphatic heterocycles. The molecular weight excluding hydrogens is 227 g/mol. The first-order valence-electron chi connectivity index (χ1n) is 6.14. The lowest BCUT2D eigenvalue weighted by atomic mass is 9.85. The van der Waals surface area contributed by atoms with E-state index in [1.807, 2.05) is 60.7 Å². The second-order valence-corrected chi connectivity index (χ2v) is 4.94. The molecule has 1 aliphatic carbocycles. The number of halogens is 1. The zero-order valence-corrected chi connectivity index (χ0v) is 10.0. The first kappa shape index (κ1) is 11.4. The fourth-order valence-electron chi connectivity index (χ4n) is 2.90. The molecule has 1 fully saturated rings. The summed E-state index contributed by atoms with van der Waals surface area (Å²) in [4.78, 5) is 0. The van der Waals surface area contributed by atoms with Crippen LogP contribution in [0.5, 0.6) is 0 Å². The van der Waals surface area contributed by atoms with Gasteiger partial charge < -0.3 is 5.11 Å². The first-order valence-corrected chi connectivity index (χ1v) is 6.14. The lowest BCUT2D eigenvalue weighted by Gasteiger charge is -2.20. The van der Waals surface area contributed by atoms with Crippen LogP contribution in [-0.4, -0.2) is 17.4 Å². The summed E-state index contributed by atoms with van der Waals surface area (Å²) in [6.07, 6.45) is 0.352. The van der Waals surface area contributed by atoms with Crippen LogP contribution in [0.3, 0.4) is 0 Å². The van der Waals surface area contributed by atoms with Crippen molar-refractivity contribution in [2.24, 2.45) is 0 Å². The SMILES string of the molecule is OC[C@]1(F)CC1(c1ccccc1)c1ccccc1. The quantitative estimate of drug-likeness (QED) is 0.877. The summed E-state index contributed by atoms with van der Waals surface area (Å²) < 4.78 is 14.7. The maximum absolute atomic E-state index is 14.7. The predicted octanol–water partition coefficient (Wildman–Crippen LogP) is 3.08. The Labute approximate surface area is 106 Å². The average molecular weight is 242 g/mol. The van der Waals surface area contributed by atoms with E-state index in [1.54, 1.807) is 0 Å². The molecule has 1 atom stereocenters. The van der Waals surface area contributed by atoms with E-state index in [-0.39, 0.29) is 0 Å². The van der Waals surface area contributed by atoms with Crippen LogP contribution in [0.2, 0.25) is 0 Å². The number of aliphatic hydroxyl groups is 1. The molecule has 0 heterocycles. The molecule has 1 N–H and O–H groups in total.